The van der Waals surface area contributed by atoms with Crippen LogP contribution in [0, 0.1) is 0 Å². The predicted octanol–water partition coefficient (Wildman–Crippen LogP) is 3.30. The zero-order valence-electron chi connectivity index (χ0n) is 16.8. The number of carbonyl (C=O) groups is 1. The van der Waals surface area contributed by atoms with Crippen LogP contribution in [0.4, 0.5) is 0 Å². The van der Waals surface area contributed by atoms with Crippen molar-refractivity contribution >= 4 is 28.1 Å². The van der Waals surface area contributed by atoms with E-state index in [9.17, 15) is 9.59 Å². The number of benzene rings is 1. The molecule has 3 aromatic heterocycles. The third-order valence-corrected chi connectivity index (χ3v) is 6.31. The highest BCUT2D eigenvalue weighted by atomic mass is 32.1. The van der Waals surface area contributed by atoms with E-state index in [2.05, 4.69) is 15.2 Å². The van der Waals surface area contributed by atoms with E-state index < -0.39 is 0 Å². The maximum absolute atomic E-state index is 12.8. The fourth-order valence-electron chi connectivity index (χ4n) is 3.95. The summed E-state index contributed by atoms with van der Waals surface area (Å²) < 4.78 is 7.38. The van der Waals surface area contributed by atoms with Crippen molar-refractivity contribution in [3.8, 4) is 11.5 Å². The lowest BCUT2D eigenvalue weighted by atomic mass is 9.98. The summed E-state index contributed by atoms with van der Waals surface area (Å²) >= 11 is 1.58. The first-order chi connectivity index (χ1) is 15.2. The number of rotatable bonds is 5. The smallest absolute Gasteiger partial charge is 0.261 e. The molecular formula is C22H21N5O3S. The molecule has 8 nitrogen and oxygen atoms in total. The molecule has 0 unspecified atom stereocenters. The van der Waals surface area contributed by atoms with Gasteiger partial charge >= 0.3 is 0 Å². The van der Waals surface area contributed by atoms with Crippen LogP contribution >= 0.6 is 11.3 Å². The minimum absolute atomic E-state index is 0.0160. The normalized spacial score (nSPS) is 16.6. The molecule has 0 N–H and O–H groups in total. The van der Waals surface area contributed by atoms with E-state index >= 15 is 0 Å². The highest BCUT2D eigenvalue weighted by molar-refractivity contribution is 7.08. The molecule has 0 bridgehead atoms. The fourth-order valence-corrected chi connectivity index (χ4v) is 4.58. The zero-order chi connectivity index (χ0) is 21.2. The molecule has 4 heterocycles. The third-order valence-electron chi connectivity index (χ3n) is 5.63. The number of aromatic nitrogens is 4. The van der Waals surface area contributed by atoms with Gasteiger partial charge < -0.3 is 9.32 Å². The van der Waals surface area contributed by atoms with E-state index in [1.807, 2.05) is 33.9 Å². The van der Waals surface area contributed by atoms with Gasteiger partial charge in [0.2, 0.25) is 17.7 Å². The highest BCUT2D eigenvalue weighted by Gasteiger charge is 2.28. The van der Waals surface area contributed by atoms with Gasteiger partial charge in [-0.15, -0.1) is 10.2 Å². The molecular weight excluding hydrogens is 414 g/mol. The summed E-state index contributed by atoms with van der Waals surface area (Å²) in [6.07, 6.45) is 3.55. The zero-order valence-corrected chi connectivity index (χ0v) is 17.6. The third kappa shape index (κ3) is 4.00. The number of piperidine rings is 1. The molecule has 31 heavy (non-hydrogen) atoms. The van der Waals surface area contributed by atoms with Crippen molar-refractivity contribution in [3.05, 3.63) is 63.7 Å². The van der Waals surface area contributed by atoms with Crippen molar-refractivity contribution < 1.29 is 9.21 Å². The Balaban J connectivity index is 1.24. The number of likely N-dealkylation sites (tertiary alicyclic amines) is 1. The lowest BCUT2D eigenvalue weighted by Crippen LogP contribution is -2.39. The number of carbonyl (C=O) groups excluding carboxylic acids is 1. The molecule has 9 heteroatoms. The fraction of sp³-hybridized carbons (Fsp3) is 0.318. The van der Waals surface area contributed by atoms with E-state index in [-0.39, 0.29) is 23.8 Å². The van der Waals surface area contributed by atoms with E-state index in [4.69, 9.17) is 4.42 Å². The number of hydrogen-bond donors (Lipinski definition) is 0. The van der Waals surface area contributed by atoms with Crippen molar-refractivity contribution in [1.29, 1.82) is 0 Å². The van der Waals surface area contributed by atoms with Crippen LogP contribution < -0.4 is 5.56 Å². The molecule has 1 amide bonds. The predicted molar refractivity (Wildman–Crippen MR) is 117 cm³/mol. The number of amides is 1. The quantitative estimate of drug-likeness (QED) is 0.477. The summed E-state index contributed by atoms with van der Waals surface area (Å²) in [5, 5.41) is 12.9. The van der Waals surface area contributed by atoms with Gasteiger partial charge in [0.25, 0.3) is 5.56 Å². The number of nitrogens with zero attached hydrogens (tertiary/aromatic N) is 5. The Hall–Kier alpha value is -3.33. The molecule has 1 aliphatic rings. The first kappa shape index (κ1) is 19.6. The first-order valence-corrected chi connectivity index (χ1v) is 11.2. The first-order valence-electron chi connectivity index (χ1n) is 10.3. The van der Waals surface area contributed by atoms with E-state index in [1.165, 1.54) is 10.9 Å². The molecule has 1 saturated heterocycles. The van der Waals surface area contributed by atoms with Crippen LogP contribution in [0.1, 0.15) is 31.1 Å². The summed E-state index contributed by atoms with van der Waals surface area (Å²) in [6, 6.07) is 9.18. The molecule has 1 atom stereocenters. The monoisotopic (exact) mass is 435 g/mol. The number of aryl methyl sites for hydroxylation is 1. The topological polar surface area (TPSA) is 94.1 Å². The van der Waals surface area contributed by atoms with Crippen LogP contribution in [0.3, 0.4) is 0 Å². The average molecular weight is 436 g/mol. The molecule has 0 radical (unpaired) electrons. The Morgan fingerprint density at radius 2 is 2.13 bits per heavy atom. The van der Waals surface area contributed by atoms with Crippen LogP contribution in [-0.4, -0.2) is 43.6 Å². The number of hydrogen-bond acceptors (Lipinski definition) is 7. The molecule has 0 aliphatic carbocycles. The van der Waals surface area contributed by atoms with Gasteiger partial charge in [0.1, 0.15) is 0 Å². The maximum Gasteiger partial charge on any atom is 0.261 e. The van der Waals surface area contributed by atoms with Crippen molar-refractivity contribution in [2.45, 2.75) is 31.7 Å². The molecule has 158 valence electrons. The van der Waals surface area contributed by atoms with Gasteiger partial charge in [0.15, 0.2) is 0 Å². The average Bonchev–Trinajstić information content (AvgIpc) is 3.51. The molecule has 1 fully saturated rings. The standard InChI is InChI=1S/C22H21N5O3S/c28-19(7-10-27-14-23-18-6-2-1-5-17(18)22(27)29)26-9-3-4-15(12-26)20-24-25-21(30-20)16-8-11-31-13-16/h1-2,5-6,8,11,13-15H,3-4,7,9-10,12H2/t15-/m0/s1. The largest absolute Gasteiger partial charge is 0.420 e. The van der Waals surface area contributed by atoms with Crippen molar-refractivity contribution in [2.24, 2.45) is 0 Å². The summed E-state index contributed by atoms with van der Waals surface area (Å²) in [5.74, 6) is 1.14. The number of thiophene rings is 1. The van der Waals surface area contributed by atoms with Crippen molar-refractivity contribution in [1.82, 2.24) is 24.6 Å². The Labute approximate surface area is 182 Å². The van der Waals surface area contributed by atoms with Crippen LogP contribution in [0.5, 0.6) is 0 Å². The van der Waals surface area contributed by atoms with Crippen molar-refractivity contribution in [2.75, 3.05) is 13.1 Å². The summed E-state index contributed by atoms with van der Waals surface area (Å²) in [5.41, 5.74) is 1.46. The van der Waals surface area contributed by atoms with Crippen LogP contribution in [-0.2, 0) is 11.3 Å². The van der Waals surface area contributed by atoms with Crippen LogP contribution in [0.25, 0.3) is 22.4 Å². The van der Waals surface area contributed by atoms with Gasteiger partial charge in [0, 0.05) is 37.0 Å². The van der Waals surface area contributed by atoms with Gasteiger partial charge in [-0.25, -0.2) is 4.98 Å². The van der Waals surface area contributed by atoms with Gasteiger partial charge in [-0.05, 0) is 36.4 Å². The minimum atomic E-state index is -0.123. The van der Waals surface area contributed by atoms with E-state index in [1.54, 1.807) is 23.5 Å². The minimum Gasteiger partial charge on any atom is -0.420 e. The molecule has 4 aromatic rings. The Morgan fingerprint density at radius 1 is 1.23 bits per heavy atom. The molecule has 0 saturated carbocycles. The second-order valence-corrected chi connectivity index (χ2v) is 8.43. The van der Waals surface area contributed by atoms with Gasteiger partial charge in [0.05, 0.1) is 23.1 Å². The SMILES string of the molecule is O=C(CCn1cnc2ccccc2c1=O)N1CCC[C@H](c2nnc(-c3ccsc3)o2)C1. The maximum atomic E-state index is 12.8. The second kappa shape index (κ2) is 8.43. The Morgan fingerprint density at radius 3 is 3.00 bits per heavy atom. The molecule has 1 aliphatic heterocycles. The highest BCUT2D eigenvalue weighted by Crippen LogP contribution is 2.29. The lowest BCUT2D eigenvalue weighted by molar-refractivity contribution is -0.132. The lowest BCUT2D eigenvalue weighted by Gasteiger charge is -2.31. The van der Waals surface area contributed by atoms with Crippen LogP contribution in [0.2, 0.25) is 0 Å². The van der Waals surface area contributed by atoms with Crippen LogP contribution in [0.15, 0.2) is 56.6 Å². The van der Waals surface area contributed by atoms with Gasteiger partial charge in [-0.2, -0.15) is 11.3 Å². The second-order valence-electron chi connectivity index (χ2n) is 7.65. The van der Waals surface area contributed by atoms with Crippen molar-refractivity contribution in [3.63, 3.8) is 0 Å². The summed E-state index contributed by atoms with van der Waals surface area (Å²) in [7, 11) is 0. The Kier molecular flexibility index (Phi) is 5.33. The number of fused-ring (bicyclic) bond motifs is 1. The summed E-state index contributed by atoms with van der Waals surface area (Å²) in [4.78, 5) is 31.6. The van der Waals surface area contributed by atoms with Gasteiger partial charge in [-0.3, -0.25) is 14.2 Å². The Bertz CT molecular complexity index is 1260. The van der Waals surface area contributed by atoms with E-state index in [0.29, 0.717) is 42.3 Å². The molecule has 1 aromatic carbocycles. The summed E-state index contributed by atoms with van der Waals surface area (Å²) in [6.45, 7) is 1.56. The number of para-hydroxylation sites is 1. The molecule has 0 spiro atoms. The van der Waals surface area contributed by atoms with E-state index in [0.717, 1.165) is 18.4 Å². The molecule has 5 rings (SSSR count). The van der Waals surface area contributed by atoms with Gasteiger partial charge in [-0.1, -0.05) is 12.1 Å².